The summed E-state index contributed by atoms with van der Waals surface area (Å²) in [6, 6.07) is 8.15. The molecule has 2 aromatic rings. The highest BCUT2D eigenvalue weighted by Gasteiger charge is 2.15. The molecule has 0 atom stereocenters. The van der Waals surface area contributed by atoms with Gasteiger partial charge in [0.25, 0.3) is 0 Å². The molecule has 0 radical (unpaired) electrons. The molecule has 0 spiro atoms. The topological polar surface area (TPSA) is 50.2 Å². The second-order valence-electron chi connectivity index (χ2n) is 4.08. The maximum absolute atomic E-state index is 11.0. The average molecular weight is 293 g/mol. The lowest BCUT2D eigenvalue weighted by molar-refractivity contribution is 0.0701. The molecule has 5 heteroatoms. The molecule has 0 aliphatic heterocycles. The molecule has 0 aliphatic carbocycles. The Morgan fingerprint density at radius 2 is 2.26 bits per heavy atom. The number of aromatic nitrogens is 1. The van der Waals surface area contributed by atoms with E-state index >= 15 is 0 Å². The molecule has 1 aromatic heterocycles. The van der Waals surface area contributed by atoms with Gasteiger partial charge in [0.1, 0.15) is 9.88 Å². The molecule has 3 nitrogen and oxygen atoms in total. The number of aryl methyl sites for hydroxylation is 1. The van der Waals surface area contributed by atoms with Gasteiger partial charge in [-0.15, -0.1) is 11.3 Å². The first-order valence-electron chi connectivity index (χ1n) is 5.99. The monoisotopic (exact) mass is 293 g/mol. The molecule has 1 aromatic carbocycles. The quantitative estimate of drug-likeness (QED) is 0.903. The molecule has 0 saturated carbocycles. The summed E-state index contributed by atoms with van der Waals surface area (Å²) in [5.41, 5.74) is 2.82. The minimum Gasteiger partial charge on any atom is -0.477 e. The van der Waals surface area contributed by atoms with Crippen LogP contribution in [0.4, 0.5) is 0 Å². The highest BCUT2D eigenvalue weighted by Crippen LogP contribution is 2.29. The van der Waals surface area contributed by atoms with Crippen molar-refractivity contribution >= 4 is 29.1 Å². The van der Waals surface area contributed by atoms with Crippen molar-refractivity contribution in [3.05, 3.63) is 40.4 Å². The number of thioether (sulfide) groups is 1. The summed E-state index contributed by atoms with van der Waals surface area (Å²) < 4.78 is 0. The number of rotatable bonds is 5. The largest absolute Gasteiger partial charge is 0.477 e. The van der Waals surface area contributed by atoms with Crippen molar-refractivity contribution < 1.29 is 9.90 Å². The van der Waals surface area contributed by atoms with Crippen molar-refractivity contribution in [2.75, 3.05) is 5.75 Å². The Hall–Kier alpha value is -1.33. The van der Waals surface area contributed by atoms with Gasteiger partial charge in [0, 0.05) is 11.3 Å². The van der Waals surface area contributed by atoms with Gasteiger partial charge in [-0.1, -0.05) is 25.1 Å². The number of carbonyl (C=O) groups is 1. The fourth-order valence-corrected chi connectivity index (χ4v) is 3.25. The van der Waals surface area contributed by atoms with E-state index in [1.165, 1.54) is 16.9 Å². The number of benzene rings is 1. The normalized spacial score (nSPS) is 10.6. The van der Waals surface area contributed by atoms with Gasteiger partial charge in [-0.25, -0.2) is 9.78 Å². The Morgan fingerprint density at radius 1 is 1.47 bits per heavy atom. The lowest BCUT2D eigenvalue weighted by Gasteiger charge is -2.02. The predicted molar refractivity (Wildman–Crippen MR) is 81.1 cm³/mol. The van der Waals surface area contributed by atoms with Crippen molar-refractivity contribution in [1.29, 1.82) is 0 Å². The molecule has 0 fully saturated rings. The summed E-state index contributed by atoms with van der Waals surface area (Å²) >= 11 is 3.10. The minimum atomic E-state index is -0.904. The Bertz CT molecular complexity index is 593. The highest BCUT2D eigenvalue weighted by molar-refractivity contribution is 7.98. The Labute approximate surface area is 120 Å². The van der Waals surface area contributed by atoms with Gasteiger partial charge in [0.15, 0.2) is 0 Å². The van der Waals surface area contributed by atoms with E-state index in [2.05, 4.69) is 24.0 Å². The molecule has 1 N–H and O–H groups in total. The van der Waals surface area contributed by atoms with E-state index in [-0.39, 0.29) is 0 Å². The van der Waals surface area contributed by atoms with Crippen LogP contribution in [0.15, 0.2) is 24.3 Å². The average Bonchev–Trinajstić information content (AvgIpc) is 2.79. The fraction of sp³-hybridized carbons (Fsp3) is 0.286. The number of carboxylic acids is 1. The number of hydrogen-bond acceptors (Lipinski definition) is 4. The van der Waals surface area contributed by atoms with Crippen molar-refractivity contribution in [2.24, 2.45) is 0 Å². The van der Waals surface area contributed by atoms with Crippen LogP contribution in [0.25, 0.3) is 10.6 Å². The van der Waals surface area contributed by atoms with E-state index in [0.29, 0.717) is 10.6 Å². The zero-order chi connectivity index (χ0) is 13.8. The second kappa shape index (κ2) is 6.21. The van der Waals surface area contributed by atoms with Crippen LogP contribution in [0, 0.1) is 6.92 Å². The molecule has 0 unspecified atom stereocenters. The van der Waals surface area contributed by atoms with Crippen LogP contribution in [0.3, 0.4) is 0 Å². The third-order valence-electron chi connectivity index (χ3n) is 2.64. The van der Waals surface area contributed by atoms with Crippen molar-refractivity contribution in [1.82, 2.24) is 4.98 Å². The molecular weight excluding hydrogens is 278 g/mol. The van der Waals surface area contributed by atoms with Gasteiger partial charge in [-0.3, -0.25) is 0 Å². The minimum absolute atomic E-state index is 0.323. The van der Waals surface area contributed by atoms with Gasteiger partial charge < -0.3 is 5.11 Å². The fourth-order valence-electron chi connectivity index (χ4n) is 1.73. The summed E-state index contributed by atoms with van der Waals surface area (Å²) in [4.78, 5) is 15.7. The first-order valence-corrected chi connectivity index (χ1v) is 7.96. The summed E-state index contributed by atoms with van der Waals surface area (Å²) in [5, 5.41) is 9.84. The third kappa shape index (κ3) is 3.36. The summed E-state index contributed by atoms with van der Waals surface area (Å²) in [6.45, 7) is 3.87. The van der Waals surface area contributed by atoms with Crippen LogP contribution >= 0.6 is 23.1 Å². The lowest BCUT2D eigenvalue weighted by atomic mass is 10.1. The van der Waals surface area contributed by atoms with Crippen LogP contribution < -0.4 is 0 Å². The highest BCUT2D eigenvalue weighted by atomic mass is 32.2. The molecule has 0 amide bonds. The summed E-state index contributed by atoms with van der Waals surface area (Å²) in [6.07, 6.45) is 0. The maximum Gasteiger partial charge on any atom is 0.347 e. The van der Waals surface area contributed by atoms with E-state index in [1.807, 2.05) is 23.9 Å². The van der Waals surface area contributed by atoms with Crippen LogP contribution in [-0.2, 0) is 5.75 Å². The van der Waals surface area contributed by atoms with Crippen molar-refractivity contribution in [3.8, 4) is 10.6 Å². The molecule has 100 valence electrons. The number of aromatic carboxylic acids is 1. The van der Waals surface area contributed by atoms with Gasteiger partial charge in [-0.05, 0) is 24.3 Å². The maximum atomic E-state index is 11.0. The third-order valence-corrected chi connectivity index (χ3v) is 4.78. The van der Waals surface area contributed by atoms with Crippen LogP contribution in [0.5, 0.6) is 0 Å². The summed E-state index contributed by atoms with van der Waals surface area (Å²) in [7, 11) is 0. The van der Waals surface area contributed by atoms with Crippen molar-refractivity contribution in [2.45, 2.75) is 19.6 Å². The van der Waals surface area contributed by atoms with Gasteiger partial charge in [-0.2, -0.15) is 11.8 Å². The number of thiazole rings is 1. The smallest absolute Gasteiger partial charge is 0.347 e. The Morgan fingerprint density at radius 3 is 2.89 bits per heavy atom. The molecule has 2 rings (SSSR count). The van der Waals surface area contributed by atoms with Crippen LogP contribution in [-0.4, -0.2) is 21.8 Å². The summed E-state index contributed by atoms with van der Waals surface area (Å²) in [5.74, 6) is 1.16. The first kappa shape index (κ1) is 14.1. The van der Waals surface area contributed by atoms with E-state index in [9.17, 15) is 4.79 Å². The number of carboxylic acid groups (broad SMARTS) is 1. The lowest BCUT2D eigenvalue weighted by Crippen LogP contribution is -1.94. The Balaban J connectivity index is 2.31. The number of hydrogen-bond donors (Lipinski definition) is 1. The molecule has 0 bridgehead atoms. The predicted octanol–water partition coefficient (Wildman–Crippen LogP) is 4.07. The molecule has 1 heterocycles. The Kier molecular flexibility index (Phi) is 4.61. The zero-order valence-electron chi connectivity index (χ0n) is 10.8. The van der Waals surface area contributed by atoms with E-state index < -0.39 is 5.97 Å². The number of nitrogens with zero attached hydrogens (tertiary/aromatic N) is 1. The van der Waals surface area contributed by atoms with Crippen molar-refractivity contribution in [3.63, 3.8) is 0 Å². The SMILES string of the molecule is CCSCc1cccc(-c2nc(C)c(C(=O)O)s2)c1. The zero-order valence-corrected chi connectivity index (χ0v) is 12.5. The first-order chi connectivity index (χ1) is 9.11. The van der Waals surface area contributed by atoms with Gasteiger partial charge in [0.05, 0.1) is 5.69 Å². The van der Waals surface area contributed by atoms with Gasteiger partial charge in [0.2, 0.25) is 0 Å². The van der Waals surface area contributed by atoms with Gasteiger partial charge >= 0.3 is 5.97 Å². The van der Waals surface area contributed by atoms with E-state index in [4.69, 9.17) is 5.11 Å². The van der Waals surface area contributed by atoms with Crippen LogP contribution in [0.2, 0.25) is 0 Å². The second-order valence-corrected chi connectivity index (χ2v) is 6.35. The van der Waals surface area contributed by atoms with E-state index in [1.54, 1.807) is 6.92 Å². The molecule has 0 saturated heterocycles. The standard InChI is InChI=1S/C14H15NO2S2/c1-3-18-8-10-5-4-6-11(7-10)13-15-9(2)12(19-13)14(16)17/h4-7H,3,8H2,1-2H3,(H,16,17). The van der Waals surface area contributed by atoms with Crippen LogP contribution in [0.1, 0.15) is 27.9 Å². The molecular formula is C14H15NO2S2. The van der Waals surface area contributed by atoms with E-state index in [0.717, 1.165) is 22.1 Å². The molecule has 19 heavy (non-hydrogen) atoms. The molecule has 0 aliphatic rings.